The van der Waals surface area contributed by atoms with Gasteiger partial charge in [-0.05, 0) is 25.8 Å². The lowest BCUT2D eigenvalue weighted by Crippen LogP contribution is -2.17. The van der Waals surface area contributed by atoms with Crippen molar-refractivity contribution in [1.29, 1.82) is 0 Å². The average Bonchev–Trinajstić information content (AvgIpc) is 2.31. The van der Waals surface area contributed by atoms with Gasteiger partial charge >= 0.3 is 5.97 Å². The van der Waals surface area contributed by atoms with Crippen LogP contribution in [0.25, 0.3) is 0 Å². The summed E-state index contributed by atoms with van der Waals surface area (Å²) >= 11 is 0. The van der Waals surface area contributed by atoms with E-state index >= 15 is 0 Å². The third kappa shape index (κ3) is 4.58. The maximum Gasteiger partial charge on any atom is 0.338 e. The molecule has 1 rings (SSSR count). The zero-order valence-corrected chi connectivity index (χ0v) is 11.0. The van der Waals surface area contributed by atoms with Crippen LogP contribution >= 0.6 is 0 Å². The standard InChI is InChI=1S/C13H16F2N2O3/c1-7(16)3-2-4-12(18)17-11-5-8(13(19)20)9(14)6-10(11)15/h5-7H,2-4,16H2,1H3,(H,17,18)(H,19,20). The van der Waals surface area contributed by atoms with Crippen molar-refractivity contribution in [3.63, 3.8) is 0 Å². The Balaban J connectivity index is 2.74. The lowest BCUT2D eigenvalue weighted by atomic mass is 10.1. The summed E-state index contributed by atoms with van der Waals surface area (Å²) in [6.07, 6.45) is 1.29. The third-order valence-electron chi connectivity index (χ3n) is 2.62. The molecule has 0 spiro atoms. The van der Waals surface area contributed by atoms with Crippen LogP contribution in [0.4, 0.5) is 14.5 Å². The molecule has 0 aromatic heterocycles. The zero-order chi connectivity index (χ0) is 15.3. The van der Waals surface area contributed by atoms with Crippen LogP contribution in [-0.2, 0) is 4.79 Å². The van der Waals surface area contributed by atoms with Gasteiger partial charge in [-0.2, -0.15) is 0 Å². The number of carbonyl (C=O) groups is 2. The summed E-state index contributed by atoms with van der Waals surface area (Å²) in [7, 11) is 0. The number of carbonyl (C=O) groups excluding carboxylic acids is 1. The molecule has 1 aromatic carbocycles. The summed E-state index contributed by atoms with van der Waals surface area (Å²) in [4.78, 5) is 22.3. The van der Waals surface area contributed by atoms with Crippen molar-refractivity contribution in [3.05, 3.63) is 29.3 Å². The minimum absolute atomic E-state index is 0.0380. The molecule has 0 aliphatic rings. The Kier molecular flexibility index (Phi) is 5.57. The maximum atomic E-state index is 13.4. The number of hydrogen-bond donors (Lipinski definition) is 3. The molecule has 0 saturated carbocycles. The number of aromatic carboxylic acids is 1. The Bertz CT molecular complexity index is 519. The molecule has 0 saturated heterocycles. The van der Waals surface area contributed by atoms with Crippen LogP contribution in [0.2, 0.25) is 0 Å². The van der Waals surface area contributed by atoms with E-state index in [0.717, 1.165) is 6.07 Å². The predicted molar refractivity (Wildman–Crippen MR) is 69.4 cm³/mol. The number of carboxylic acids is 1. The number of halogens is 2. The predicted octanol–water partition coefficient (Wildman–Crippen LogP) is 2.12. The van der Waals surface area contributed by atoms with Gasteiger partial charge in [0.05, 0.1) is 11.3 Å². The van der Waals surface area contributed by atoms with Crippen molar-refractivity contribution in [2.45, 2.75) is 32.2 Å². The highest BCUT2D eigenvalue weighted by Gasteiger charge is 2.16. The normalized spacial score (nSPS) is 12.0. The molecule has 7 heteroatoms. The highest BCUT2D eigenvalue weighted by atomic mass is 19.1. The molecule has 0 fully saturated rings. The van der Waals surface area contributed by atoms with Crippen molar-refractivity contribution in [2.24, 2.45) is 5.73 Å². The van der Waals surface area contributed by atoms with Crippen LogP contribution in [0.3, 0.4) is 0 Å². The fourth-order valence-corrected chi connectivity index (χ4v) is 1.61. The van der Waals surface area contributed by atoms with Crippen LogP contribution < -0.4 is 11.1 Å². The van der Waals surface area contributed by atoms with Crippen molar-refractivity contribution in [2.75, 3.05) is 5.32 Å². The first kappa shape index (κ1) is 16.0. The van der Waals surface area contributed by atoms with Gasteiger partial charge in [0.25, 0.3) is 0 Å². The molecule has 4 N–H and O–H groups in total. The SMILES string of the molecule is CC(N)CCCC(=O)Nc1cc(C(=O)O)c(F)cc1F. The molecule has 110 valence electrons. The Labute approximate surface area is 114 Å². The van der Waals surface area contributed by atoms with Crippen LogP contribution in [0.15, 0.2) is 12.1 Å². The van der Waals surface area contributed by atoms with Gasteiger partial charge in [-0.1, -0.05) is 0 Å². The van der Waals surface area contributed by atoms with Gasteiger partial charge < -0.3 is 16.2 Å². The quantitative estimate of drug-likeness (QED) is 0.746. The molecule has 1 aromatic rings. The van der Waals surface area contributed by atoms with Gasteiger partial charge in [0.2, 0.25) is 5.91 Å². The van der Waals surface area contributed by atoms with E-state index in [9.17, 15) is 18.4 Å². The van der Waals surface area contributed by atoms with Gasteiger partial charge in [-0.15, -0.1) is 0 Å². The van der Waals surface area contributed by atoms with Gasteiger partial charge in [-0.25, -0.2) is 13.6 Å². The highest BCUT2D eigenvalue weighted by molar-refractivity contribution is 5.94. The van der Waals surface area contributed by atoms with Crippen molar-refractivity contribution >= 4 is 17.6 Å². The van der Waals surface area contributed by atoms with E-state index in [-0.39, 0.29) is 18.2 Å². The zero-order valence-electron chi connectivity index (χ0n) is 11.0. The van der Waals surface area contributed by atoms with Gasteiger partial charge in [0.15, 0.2) is 0 Å². The second-order valence-corrected chi connectivity index (χ2v) is 4.53. The molecule has 5 nitrogen and oxygen atoms in total. The second-order valence-electron chi connectivity index (χ2n) is 4.53. The van der Waals surface area contributed by atoms with Crippen molar-refractivity contribution in [1.82, 2.24) is 0 Å². The average molecular weight is 286 g/mol. The van der Waals surface area contributed by atoms with E-state index in [2.05, 4.69) is 5.32 Å². The number of benzene rings is 1. The van der Waals surface area contributed by atoms with Crippen LogP contribution in [0.5, 0.6) is 0 Å². The van der Waals surface area contributed by atoms with Gasteiger partial charge in [0.1, 0.15) is 11.6 Å². The number of rotatable bonds is 6. The summed E-state index contributed by atoms with van der Waals surface area (Å²) < 4.78 is 26.6. The number of amides is 1. The Morgan fingerprint density at radius 2 is 2.00 bits per heavy atom. The lowest BCUT2D eigenvalue weighted by molar-refractivity contribution is -0.116. The topological polar surface area (TPSA) is 92.4 Å². The smallest absolute Gasteiger partial charge is 0.338 e. The van der Waals surface area contributed by atoms with E-state index in [1.54, 1.807) is 6.92 Å². The molecule has 0 aliphatic heterocycles. The van der Waals surface area contributed by atoms with E-state index in [1.165, 1.54) is 0 Å². The third-order valence-corrected chi connectivity index (χ3v) is 2.62. The van der Waals surface area contributed by atoms with Gasteiger partial charge in [-0.3, -0.25) is 4.79 Å². The maximum absolute atomic E-state index is 13.4. The molecule has 0 aliphatic carbocycles. The number of nitrogens with one attached hydrogen (secondary N) is 1. The van der Waals surface area contributed by atoms with Crippen LogP contribution in [-0.4, -0.2) is 23.0 Å². The number of nitrogens with two attached hydrogens (primary N) is 1. The number of carboxylic acid groups (broad SMARTS) is 1. The molecule has 0 radical (unpaired) electrons. The largest absolute Gasteiger partial charge is 0.478 e. The van der Waals surface area contributed by atoms with E-state index in [0.29, 0.717) is 18.9 Å². The van der Waals surface area contributed by atoms with Crippen LogP contribution in [0.1, 0.15) is 36.5 Å². The number of anilines is 1. The van der Waals surface area contributed by atoms with Crippen molar-refractivity contribution in [3.8, 4) is 0 Å². The summed E-state index contributed by atoms with van der Waals surface area (Å²) in [6, 6.07) is 1.15. The molecular weight excluding hydrogens is 270 g/mol. The minimum atomic E-state index is -1.53. The Hall–Kier alpha value is -2.02. The molecule has 0 bridgehead atoms. The lowest BCUT2D eigenvalue weighted by Gasteiger charge is -2.09. The second kappa shape index (κ2) is 6.95. The molecular formula is C13H16F2N2O3. The molecule has 1 atom stereocenters. The molecule has 20 heavy (non-hydrogen) atoms. The van der Waals surface area contributed by atoms with E-state index in [1.807, 2.05) is 0 Å². The van der Waals surface area contributed by atoms with Crippen LogP contribution in [0, 0.1) is 11.6 Å². The first-order chi connectivity index (χ1) is 9.31. The summed E-state index contributed by atoms with van der Waals surface area (Å²) in [6.45, 7) is 1.80. The number of hydrogen-bond acceptors (Lipinski definition) is 3. The van der Waals surface area contributed by atoms with E-state index in [4.69, 9.17) is 10.8 Å². The van der Waals surface area contributed by atoms with E-state index < -0.39 is 29.1 Å². The first-order valence-electron chi connectivity index (χ1n) is 6.09. The van der Waals surface area contributed by atoms with Gasteiger partial charge in [0, 0.05) is 18.5 Å². The monoisotopic (exact) mass is 286 g/mol. The van der Waals surface area contributed by atoms with Crippen molar-refractivity contribution < 1.29 is 23.5 Å². The summed E-state index contributed by atoms with van der Waals surface area (Å²) in [5.74, 6) is -4.22. The highest BCUT2D eigenvalue weighted by Crippen LogP contribution is 2.20. The first-order valence-corrected chi connectivity index (χ1v) is 6.09. The Morgan fingerprint density at radius 1 is 1.35 bits per heavy atom. The fraction of sp³-hybridized carbons (Fsp3) is 0.385. The minimum Gasteiger partial charge on any atom is -0.478 e. The molecule has 1 unspecified atom stereocenters. The molecule has 0 heterocycles. The summed E-state index contributed by atoms with van der Waals surface area (Å²) in [5.41, 5.74) is 4.48. The summed E-state index contributed by atoms with van der Waals surface area (Å²) in [5, 5.41) is 11.0. The Morgan fingerprint density at radius 3 is 2.55 bits per heavy atom. The fourth-order valence-electron chi connectivity index (χ4n) is 1.61. The molecule has 1 amide bonds.